The first-order chi connectivity index (χ1) is 12.7. The van der Waals surface area contributed by atoms with Crippen LogP contribution in [0.1, 0.15) is 15.9 Å². The second-order valence-corrected chi connectivity index (χ2v) is 6.44. The number of nitrogens with zero attached hydrogens (tertiary/aromatic N) is 1. The van der Waals surface area contributed by atoms with Gasteiger partial charge < -0.3 is 10.1 Å². The number of ether oxygens (including phenoxy) is 1. The largest absolute Gasteiger partial charge is 0.454 e. The lowest BCUT2D eigenvalue weighted by Crippen LogP contribution is -2.10. The quantitative estimate of drug-likeness (QED) is 0.518. The predicted molar refractivity (Wildman–Crippen MR) is 101 cm³/mol. The van der Waals surface area contributed by atoms with Gasteiger partial charge in [0.05, 0.1) is 23.0 Å². The highest BCUT2D eigenvalue weighted by Gasteiger charge is 2.21. The second kappa shape index (κ2) is 5.46. The smallest absolute Gasteiger partial charge is 0.259 e. The zero-order chi connectivity index (χ0) is 17.7. The lowest BCUT2D eigenvalue weighted by molar-refractivity contribution is 0.102. The van der Waals surface area contributed by atoms with Crippen molar-refractivity contribution in [1.82, 2.24) is 10.2 Å². The van der Waals surface area contributed by atoms with Gasteiger partial charge in [0, 0.05) is 5.39 Å². The van der Waals surface area contributed by atoms with Crippen molar-refractivity contribution in [2.24, 2.45) is 0 Å². The Bertz CT molecular complexity index is 1180. The molecule has 5 nitrogen and oxygen atoms in total. The van der Waals surface area contributed by atoms with E-state index in [2.05, 4.69) is 15.5 Å². The van der Waals surface area contributed by atoms with E-state index in [4.69, 9.17) is 4.74 Å². The van der Waals surface area contributed by atoms with E-state index >= 15 is 0 Å². The molecule has 0 atom stereocenters. The summed E-state index contributed by atoms with van der Waals surface area (Å²) in [7, 11) is 0. The summed E-state index contributed by atoms with van der Waals surface area (Å²) in [6.45, 7) is 1.98. The van der Waals surface area contributed by atoms with Crippen LogP contribution >= 0.6 is 0 Å². The summed E-state index contributed by atoms with van der Waals surface area (Å²) in [5.41, 5.74) is 5.22. The van der Waals surface area contributed by atoms with Crippen LogP contribution in [0.3, 0.4) is 0 Å². The number of carbonyl (C=O) groups is 1. The van der Waals surface area contributed by atoms with E-state index in [1.165, 1.54) is 0 Å². The minimum atomic E-state index is -0.171. The molecule has 1 aromatic heterocycles. The molecule has 0 spiro atoms. The number of fused-ring (bicyclic) bond motifs is 3. The highest BCUT2D eigenvalue weighted by atomic mass is 16.5. The van der Waals surface area contributed by atoms with Gasteiger partial charge in [0.2, 0.25) is 0 Å². The van der Waals surface area contributed by atoms with Crippen molar-refractivity contribution < 1.29 is 9.53 Å². The Labute approximate surface area is 149 Å². The Morgan fingerprint density at radius 1 is 0.923 bits per heavy atom. The number of aryl methyl sites for hydroxylation is 1. The topological polar surface area (TPSA) is 67.0 Å². The standard InChI is InChI=1S/C21H15N3O2/c1-12-2-6-20-18(8-12)23-21(25)16-10-14(4-7-19(16)26-20)13-3-5-17-15(9-13)11-22-24-17/h2-11H,1H3,(H,22,24)(H,23,25). The molecule has 1 amide bonds. The summed E-state index contributed by atoms with van der Waals surface area (Å²) < 4.78 is 5.98. The molecule has 0 bridgehead atoms. The molecule has 2 heterocycles. The first kappa shape index (κ1) is 14.7. The summed E-state index contributed by atoms with van der Waals surface area (Å²) in [5.74, 6) is 1.03. The molecule has 0 unspecified atom stereocenters. The maximum absolute atomic E-state index is 12.7. The van der Waals surface area contributed by atoms with Crippen LogP contribution in [0.15, 0.2) is 60.8 Å². The Morgan fingerprint density at radius 3 is 2.65 bits per heavy atom. The van der Waals surface area contributed by atoms with Gasteiger partial charge in [-0.25, -0.2) is 0 Å². The first-order valence-electron chi connectivity index (χ1n) is 8.35. The van der Waals surface area contributed by atoms with Gasteiger partial charge in [-0.05, 0) is 60.0 Å². The summed E-state index contributed by atoms with van der Waals surface area (Å²) in [4.78, 5) is 12.7. The molecule has 1 aliphatic rings. The van der Waals surface area contributed by atoms with E-state index < -0.39 is 0 Å². The predicted octanol–water partition coefficient (Wildman–Crippen LogP) is 4.90. The monoisotopic (exact) mass is 341 g/mol. The van der Waals surface area contributed by atoms with E-state index in [0.29, 0.717) is 22.7 Å². The Morgan fingerprint density at radius 2 is 1.73 bits per heavy atom. The Balaban J connectivity index is 1.60. The van der Waals surface area contributed by atoms with Gasteiger partial charge >= 0.3 is 0 Å². The number of benzene rings is 3. The molecule has 0 saturated carbocycles. The highest BCUT2D eigenvalue weighted by Crippen LogP contribution is 2.38. The lowest BCUT2D eigenvalue weighted by atomic mass is 10.0. The van der Waals surface area contributed by atoms with Crippen LogP contribution in [-0.2, 0) is 0 Å². The number of H-pyrrole nitrogens is 1. The van der Waals surface area contributed by atoms with E-state index in [-0.39, 0.29) is 5.91 Å². The number of nitrogens with one attached hydrogen (secondary N) is 2. The van der Waals surface area contributed by atoms with Crippen LogP contribution in [0.2, 0.25) is 0 Å². The van der Waals surface area contributed by atoms with E-state index in [1.54, 1.807) is 6.20 Å². The fourth-order valence-corrected chi connectivity index (χ4v) is 3.24. The van der Waals surface area contributed by atoms with Gasteiger partial charge in [0.15, 0.2) is 5.75 Å². The Hall–Kier alpha value is -3.60. The van der Waals surface area contributed by atoms with Crippen LogP contribution in [0.5, 0.6) is 11.5 Å². The number of carbonyl (C=O) groups excluding carboxylic acids is 1. The number of rotatable bonds is 1. The van der Waals surface area contributed by atoms with E-state index in [9.17, 15) is 4.79 Å². The third-order valence-electron chi connectivity index (χ3n) is 4.60. The molecule has 1 aliphatic heterocycles. The van der Waals surface area contributed by atoms with Crippen molar-refractivity contribution in [2.75, 3.05) is 5.32 Å². The van der Waals surface area contributed by atoms with Gasteiger partial charge in [-0.3, -0.25) is 9.89 Å². The Kier molecular flexibility index (Phi) is 3.09. The molecule has 0 radical (unpaired) electrons. The zero-order valence-electron chi connectivity index (χ0n) is 14.0. The van der Waals surface area contributed by atoms with Crippen molar-refractivity contribution >= 4 is 22.5 Å². The summed E-state index contributed by atoms with van der Waals surface area (Å²) in [6, 6.07) is 17.5. The number of hydrogen-bond donors (Lipinski definition) is 2. The third-order valence-corrected chi connectivity index (χ3v) is 4.60. The number of amides is 1. The van der Waals surface area contributed by atoms with Gasteiger partial charge in [-0.1, -0.05) is 18.2 Å². The number of aromatic amines is 1. The SMILES string of the molecule is Cc1ccc2c(c1)NC(=O)c1cc(-c3ccc4[nH]ncc4c3)ccc1O2. The van der Waals surface area contributed by atoms with Crippen molar-refractivity contribution in [3.05, 3.63) is 71.9 Å². The summed E-state index contributed by atoms with van der Waals surface area (Å²) in [6.07, 6.45) is 1.79. The fourth-order valence-electron chi connectivity index (χ4n) is 3.24. The van der Waals surface area contributed by atoms with Gasteiger partial charge in [-0.15, -0.1) is 0 Å². The molecule has 3 aromatic carbocycles. The zero-order valence-corrected chi connectivity index (χ0v) is 14.0. The lowest BCUT2D eigenvalue weighted by Gasteiger charge is -2.09. The fraction of sp³-hybridized carbons (Fsp3) is 0.0476. The molecule has 126 valence electrons. The van der Waals surface area contributed by atoms with Crippen LogP contribution in [0.4, 0.5) is 5.69 Å². The molecular formula is C21H15N3O2. The normalized spacial score (nSPS) is 12.7. The van der Waals surface area contributed by atoms with E-state index in [1.807, 2.05) is 61.5 Å². The minimum absolute atomic E-state index is 0.171. The van der Waals surface area contributed by atoms with E-state index in [0.717, 1.165) is 27.6 Å². The number of hydrogen-bond acceptors (Lipinski definition) is 3. The van der Waals surface area contributed by atoms with Crippen LogP contribution in [-0.4, -0.2) is 16.1 Å². The molecule has 0 aliphatic carbocycles. The maximum Gasteiger partial charge on any atom is 0.259 e. The number of aromatic nitrogens is 2. The molecule has 0 fully saturated rings. The molecular weight excluding hydrogens is 326 g/mol. The van der Waals surface area contributed by atoms with Crippen LogP contribution in [0.25, 0.3) is 22.0 Å². The highest BCUT2D eigenvalue weighted by molar-refractivity contribution is 6.08. The van der Waals surface area contributed by atoms with Gasteiger partial charge in [0.1, 0.15) is 5.75 Å². The average molecular weight is 341 g/mol. The molecule has 5 heteroatoms. The van der Waals surface area contributed by atoms with Crippen molar-refractivity contribution in [3.8, 4) is 22.6 Å². The molecule has 0 saturated heterocycles. The van der Waals surface area contributed by atoms with Crippen molar-refractivity contribution in [2.45, 2.75) is 6.92 Å². The second-order valence-electron chi connectivity index (χ2n) is 6.44. The molecule has 2 N–H and O–H groups in total. The molecule has 26 heavy (non-hydrogen) atoms. The maximum atomic E-state index is 12.7. The summed E-state index contributed by atoms with van der Waals surface area (Å²) >= 11 is 0. The average Bonchev–Trinajstić information content (AvgIpc) is 3.06. The number of anilines is 1. The van der Waals surface area contributed by atoms with Crippen LogP contribution in [0, 0.1) is 6.92 Å². The van der Waals surface area contributed by atoms with Gasteiger partial charge in [-0.2, -0.15) is 5.10 Å². The minimum Gasteiger partial charge on any atom is -0.454 e. The van der Waals surface area contributed by atoms with Gasteiger partial charge in [0.25, 0.3) is 5.91 Å². The van der Waals surface area contributed by atoms with Crippen LogP contribution < -0.4 is 10.1 Å². The third kappa shape index (κ3) is 2.33. The molecule has 4 aromatic rings. The van der Waals surface area contributed by atoms with Crippen molar-refractivity contribution in [3.63, 3.8) is 0 Å². The van der Waals surface area contributed by atoms with Crippen molar-refractivity contribution in [1.29, 1.82) is 0 Å². The summed E-state index contributed by atoms with van der Waals surface area (Å²) in [5, 5.41) is 11.0. The molecule has 5 rings (SSSR count). The first-order valence-corrected chi connectivity index (χ1v) is 8.35.